The van der Waals surface area contributed by atoms with Gasteiger partial charge in [-0.25, -0.2) is 0 Å². The van der Waals surface area contributed by atoms with Crippen LogP contribution in [0.1, 0.15) is 78.1 Å². The lowest BCUT2D eigenvalue weighted by molar-refractivity contribution is 0.255. The zero-order valence-electron chi connectivity index (χ0n) is 15.0. The molecule has 0 aliphatic rings. The van der Waals surface area contributed by atoms with E-state index >= 15 is 0 Å². The van der Waals surface area contributed by atoms with Crippen LogP contribution in [-0.2, 0) is 4.18 Å². The first-order chi connectivity index (χ1) is 10.2. The Bertz CT molecular complexity index is 200. The van der Waals surface area contributed by atoms with Gasteiger partial charge >= 0.3 is 0 Å². The van der Waals surface area contributed by atoms with Crippen LogP contribution in [0.3, 0.4) is 0 Å². The Kier molecular flexibility index (Phi) is 16.9. The number of hydrogen-bond donors (Lipinski definition) is 0. The summed E-state index contributed by atoms with van der Waals surface area (Å²) in [6.07, 6.45) is 13.4. The molecule has 128 valence electrons. The van der Waals surface area contributed by atoms with Gasteiger partial charge in [0.25, 0.3) is 0 Å². The van der Waals surface area contributed by atoms with Gasteiger partial charge < -0.3 is 9.08 Å². The molecule has 0 aromatic heterocycles. The van der Waals surface area contributed by atoms with Crippen LogP contribution in [-0.4, -0.2) is 37.9 Å². The first kappa shape index (κ1) is 21.3. The number of hydrogen-bond acceptors (Lipinski definition) is 3. The molecule has 0 fully saturated rings. The molecule has 0 saturated heterocycles. The molecular weight excluding hydrogens is 278 g/mol. The van der Waals surface area contributed by atoms with Crippen LogP contribution in [0.15, 0.2) is 0 Å². The first-order valence-corrected chi connectivity index (χ1v) is 10.0. The number of rotatable bonds is 16. The maximum atomic E-state index is 5.86. The summed E-state index contributed by atoms with van der Waals surface area (Å²) in [5.41, 5.74) is 0. The maximum Gasteiger partial charge on any atom is 0.0642 e. The fourth-order valence-electron chi connectivity index (χ4n) is 2.46. The van der Waals surface area contributed by atoms with E-state index in [9.17, 15) is 0 Å². The molecule has 1 unspecified atom stereocenters. The van der Waals surface area contributed by atoms with E-state index in [2.05, 4.69) is 32.8 Å². The van der Waals surface area contributed by atoms with Crippen molar-refractivity contribution in [3.63, 3.8) is 0 Å². The molecular formula is C18H39NOS. The van der Waals surface area contributed by atoms with Gasteiger partial charge in [0.2, 0.25) is 0 Å². The zero-order valence-corrected chi connectivity index (χ0v) is 15.8. The van der Waals surface area contributed by atoms with E-state index in [4.69, 9.17) is 4.18 Å². The zero-order chi connectivity index (χ0) is 15.8. The van der Waals surface area contributed by atoms with Gasteiger partial charge in [0.15, 0.2) is 0 Å². The summed E-state index contributed by atoms with van der Waals surface area (Å²) in [4.78, 5) is 2.25. The molecule has 0 saturated carbocycles. The minimum atomic E-state index is 0.788. The minimum absolute atomic E-state index is 0.788. The molecule has 0 amide bonds. The highest BCUT2D eigenvalue weighted by atomic mass is 32.2. The van der Waals surface area contributed by atoms with Crippen molar-refractivity contribution < 1.29 is 4.18 Å². The Hall–Kier alpha value is 0.270. The second-order valence-electron chi connectivity index (χ2n) is 6.47. The molecule has 0 aliphatic heterocycles. The number of unbranched alkanes of at least 4 members (excludes halogenated alkanes) is 5. The van der Waals surface area contributed by atoms with Gasteiger partial charge in [-0.15, -0.1) is 0 Å². The minimum Gasteiger partial charge on any atom is -0.315 e. The molecule has 0 heterocycles. The molecule has 3 heteroatoms. The predicted molar refractivity (Wildman–Crippen MR) is 98.0 cm³/mol. The largest absolute Gasteiger partial charge is 0.315 e. The third kappa shape index (κ3) is 16.5. The lowest BCUT2D eigenvalue weighted by Gasteiger charge is -2.16. The van der Waals surface area contributed by atoms with Gasteiger partial charge in [-0.05, 0) is 64.3 Å². The maximum absolute atomic E-state index is 5.86. The predicted octanol–water partition coefficient (Wildman–Crippen LogP) is 5.77. The molecule has 0 aromatic carbocycles. The van der Waals surface area contributed by atoms with Crippen molar-refractivity contribution in [2.75, 3.05) is 33.0 Å². The van der Waals surface area contributed by atoms with Crippen molar-refractivity contribution in [2.45, 2.75) is 78.1 Å². The molecule has 0 spiro atoms. The highest BCUT2D eigenvalue weighted by Gasteiger charge is 2.08. The third-order valence-corrected chi connectivity index (χ3v) is 4.66. The summed E-state index contributed by atoms with van der Waals surface area (Å²) >= 11 is 1.69. The highest BCUT2D eigenvalue weighted by Crippen LogP contribution is 2.20. The van der Waals surface area contributed by atoms with Crippen LogP contribution in [0.4, 0.5) is 0 Å². The van der Waals surface area contributed by atoms with Gasteiger partial charge in [-0.1, -0.05) is 52.4 Å². The van der Waals surface area contributed by atoms with Crippen molar-refractivity contribution in [3.8, 4) is 0 Å². The van der Waals surface area contributed by atoms with E-state index in [1.165, 1.54) is 70.8 Å². The van der Waals surface area contributed by atoms with Gasteiger partial charge in [0, 0.05) is 5.75 Å². The Morgan fingerprint density at radius 3 is 2.24 bits per heavy atom. The smallest absolute Gasteiger partial charge is 0.0642 e. The van der Waals surface area contributed by atoms with E-state index in [1.54, 1.807) is 12.0 Å². The van der Waals surface area contributed by atoms with Crippen LogP contribution in [0, 0.1) is 5.92 Å². The van der Waals surface area contributed by atoms with Gasteiger partial charge in [0.1, 0.15) is 0 Å². The third-order valence-electron chi connectivity index (χ3n) is 3.90. The Balaban J connectivity index is 3.55. The average molecular weight is 318 g/mol. The summed E-state index contributed by atoms with van der Waals surface area (Å²) in [5, 5.41) is 0. The second kappa shape index (κ2) is 16.6. The Morgan fingerprint density at radius 1 is 0.857 bits per heavy atom. The fourth-order valence-corrected chi connectivity index (χ4v) is 3.18. The van der Waals surface area contributed by atoms with E-state index in [0.29, 0.717) is 0 Å². The molecule has 0 aromatic rings. The van der Waals surface area contributed by atoms with Crippen molar-refractivity contribution >= 4 is 12.0 Å². The van der Waals surface area contributed by atoms with E-state index in [1.807, 2.05) is 0 Å². The summed E-state index contributed by atoms with van der Waals surface area (Å²) in [6, 6.07) is 0. The average Bonchev–Trinajstić information content (AvgIpc) is 2.46. The Labute approximate surface area is 138 Å². The van der Waals surface area contributed by atoms with Crippen LogP contribution >= 0.6 is 12.0 Å². The normalized spacial score (nSPS) is 13.0. The van der Waals surface area contributed by atoms with Crippen molar-refractivity contribution in [1.82, 2.24) is 4.90 Å². The van der Waals surface area contributed by atoms with Crippen molar-refractivity contribution in [2.24, 2.45) is 5.92 Å². The monoisotopic (exact) mass is 317 g/mol. The molecule has 0 aliphatic carbocycles. The standard InChI is InChI=1S/C18H39NOS/c1-5-7-9-10-14-18(13-8-6-2)17-20-21-16-12-11-15-19(3)4/h18H,5-17H2,1-4H3. The van der Waals surface area contributed by atoms with Crippen LogP contribution in [0.2, 0.25) is 0 Å². The lowest BCUT2D eigenvalue weighted by Crippen LogP contribution is -2.13. The van der Waals surface area contributed by atoms with E-state index < -0.39 is 0 Å². The second-order valence-corrected chi connectivity index (χ2v) is 7.35. The van der Waals surface area contributed by atoms with Gasteiger partial charge in [-0.3, -0.25) is 0 Å². The molecule has 0 radical (unpaired) electrons. The summed E-state index contributed by atoms with van der Waals surface area (Å²) in [6.45, 7) is 6.72. The summed E-state index contributed by atoms with van der Waals surface area (Å²) in [5.74, 6) is 1.93. The molecule has 0 rings (SSSR count). The molecule has 21 heavy (non-hydrogen) atoms. The molecule has 2 nitrogen and oxygen atoms in total. The van der Waals surface area contributed by atoms with Gasteiger partial charge in [-0.2, -0.15) is 0 Å². The van der Waals surface area contributed by atoms with Crippen LogP contribution < -0.4 is 0 Å². The Morgan fingerprint density at radius 2 is 1.57 bits per heavy atom. The van der Waals surface area contributed by atoms with Crippen molar-refractivity contribution in [3.05, 3.63) is 0 Å². The molecule has 0 bridgehead atoms. The topological polar surface area (TPSA) is 12.5 Å². The lowest BCUT2D eigenvalue weighted by atomic mass is 9.96. The van der Waals surface area contributed by atoms with Crippen LogP contribution in [0.5, 0.6) is 0 Å². The van der Waals surface area contributed by atoms with Crippen LogP contribution in [0.25, 0.3) is 0 Å². The van der Waals surface area contributed by atoms with Crippen molar-refractivity contribution in [1.29, 1.82) is 0 Å². The highest BCUT2D eigenvalue weighted by molar-refractivity contribution is 7.94. The fraction of sp³-hybridized carbons (Fsp3) is 1.00. The van der Waals surface area contributed by atoms with E-state index in [0.717, 1.165) is 18.3 Å². The van der Waals surface area contributed by atoms with E-state index in [-0.39, 0.29) is 0 Å². The number of nitrogens with zero attached hydrogens (tertiary/aromatic N) is 1. The first-order valence-electron chi connectivity index (χ1n) is 9.09. The molecule has 0 N–H and O–H groups in total. The quantitative estimate of drug-likeness (QED) is 0.265. The molecule has 1 atom stereocenters. The SMILES string of the molecule is CCCCCCC(CCCC)COSCCCCN(C)C. The summed E-state index contributed by atoms with van der Waals surface area (Å²) in [7, 11) is 4.28. The summed E-state index contributed by atoms with van der Waals surface area (Å²) < 4.78 is 5.86. The van der Waals surface area contributed by atoms with Gasteiger partial charge in [0.05, 0.1) is 6.61 Å².